The van der Waals surface area contributed by atoms with Gasteiger partial charge in [0.05, 0.1) is 15.5 Å². The fraction of sp³-hybridized carbons (Fsp3) is 0. The van der Waals surface area contributed by atoms with Crippen molar-refractivity contribution in [2.24, 2.45) is 0 Å². The Morgan fingerprint density at radius 2 is 2.04 bits per heavy atom. The van der Waals surface area contributed by atoms with Crippen LogP contribution < -0.4 is 5.43 Å². The number of nitrogens with zero attached hydrogens (tertiary/aromatic N) is 1. The molecule has 2 heterocycles. The summed E-state index contributed by atoms with van der Waals surface area (Å²) in [4.78, 5) is 26.1. The van der Waals surface area contributed by atoms with E-state index >= 15 is 0 Å². The Morgan fingerprint density at radius 1 is 1.26 bits per heavy atom. The molecule has 1 saturated heterocycles. The van der Waals surface area contributed by atoms with Gasteiger partial charge in [-0.25, -0.2) is 0 Å². The smallest absolute Gasteiger partial charge is 0.267 e. The first-order valence-corrected chi connectivity index (χ1v) is 8.91. The number of carbonyl (C=O) groups excluding carboxylic acids is 2. The second-order valence-corrected chi connectivity index (χ2v) is 7.52. The maximum atomic E-state index is 12.4. The Hall–Kier alpha value is -1.67. The Balaban J connectivity index is 1.79. The van der Waals surface area contributed by atoms with Gasteiger partial charge in [0.15, 0.2) is 4.32 Å². The molecule has 3 rings (SSSR count). The van der Waals surface area contributed by atoms with Crippen LogP contribution in [0, 0.1) is 0 Å². The van der Waals surface area contributed by atoms with Gasteiger partial charge in [-0.15, -0.1) is 11.3 Å². The van der Waals surface area contributed by atoms with Gasteiger partial charge < -0.3 is 0 Å². The molecule has 2 amide bonds. The van der Waals surface area contributed by atoms with Gasteiger partial charge >= 0.3 is 0 Å². The van der Waals surface area contributed by atoms with Gasteiger partial charge in [-0.2, -0.15) is 5.01 Å². The Kier molecular flexibility index (Phi) is 4.82. The summed E-state index contributed by atoms with van der Waals surface area (Å²) in [6, 6.07) is 10.4. The topological polar surface area (TPSA) is 49.4 Å². The highest BCUT2D eigenvalue weighted by Crippen LogP contribution is 2.32. The van der Waals surface area contributed by atoms with Crippen LogP contribution in [0.4, 0.5) is 0 Å². The van der Waals surface area contributed by atoms with Crippen molar-refractivity contribution in [2.75, 3.05) is 0 Å². The predicted octanol–water partition coefficient (Wildman–Crippen LogP) is 3.95. The van der Waals surface area contributed by atoms with Crippen molar-refractivity contribution in [1.82, 2.24) is 10.4 Å². The molecule has 1 aromatic heterocycles. The lowest BCUT2D eigenvalue weighted by atomic mass is 10.2. The minimum atomic E-state index is -0.482. The lowest BCUT2D eigenvalue weighted by molar-refractivity contribution is -0.123. The van der Waals surface area contributed by atoms with Crippen LogP contribution in [-0.2, 0) is 4.79 Å². The number of thioether (sulfide) groups is 1. The average molecular weight is 381 g/mol. The highest BCUT2D eigenvalue weighted by Gasteiger charge is 2.34. The van der Waals surface area contributed by atoms with Crippen molar-refractivity contribution in [2.45, 2.75) is 0 Å². The van der Waals surface area contributed by atoms with Gasteiger partial charge in [-0.05, 0) is 41.9 Å². The van der Waals surface area contributed by atoms with E-state index in [2.05, 4.69) is 5.43 Å². The van der Waals surface area contributed by atoms with Gasteiger partial charge in [-0.3, -0.25) is 15.0 Å². The van der Waals surface area contributed by atoms with Crippen LogP contribution in [0.25, 0.3) is 6.08 Å². The molecule has 1 aliphatic rings. The zero-order valence-corrected chi connectivity index (χ0v) is 14.7. The van der Waals surface area contributed by atoms with Crippen molar-refractivity contribution >= 4 is 69.1 Å². The standard InChI is InChI=1S/C15H9ClN2O2S3/c16-11-6-2-1-5-10(11)13(19)17-18-14(20)12(23-15(18)21)8-9-4-3-7-22-9/h1-8H,(H,17,19)/b12-8+. The number of amides is 2. The van der Waals surface area contributed by atoms with Crippen molar-refractivity contribution in [3.05, 3.63) is 62.1 Å². The van der Waals surface area contributed by atoms with E-state index in [1.807, 2.05) is 17.5 Å². The minimum absolute atomic E-state index is 0.276. The number of hydrogen-bond donors (Lipinski definition) is 1. The summed E-state index contributed by atoms with van der Waals surface area (Å²) in [5.74, 6) is -0.835. The molecule has 1 aliphatic heterocycles. The molecule has 0 unspecified atom stereocenters. The fourth-order valence-corrected chi connectivity index (χ4v) is 4.00. The SMILES string of the molecule is O=C(NN1C(=O)/C(=C\c2cccs2)SC1=S)c1ccccc1Cl. The molecule has 1 N–H and O–H groups in total. The first-order valence-electron chi connectivity index (χ1n) is 6.43. The van der Waals surface area contributed by atoms with E-state index in [1.54, 1.807) is 30.3 Å². The predicted molar refractivity (Wildman–Crippen MR) is 98.2 cm³/mol. The van der Waals surface area contributed by atoms with Crippen LogP contribution in [0.3, 0.4) is 0 Å². The molecule has 0 spiro atoms. The summed E-state index contributed by atoms with van der Waals surface area (Å²) in [6.45, 7) is 0. The largest absolute Gasteiger partial charge is 0.285 e. The molecular formula is C15H9ClN2O2S3. The van der Waals surface area contributed by atoms with Gasteiger partial charge in [-0.1, -0.05) is 41.6 Å². The zero-order valence-electron chi connectivity index (χ0n) is 11.5. The molecule has 0 atom stereocenters. The molecule has 0 saturated carbocycles. The fourth-order valence-electron chi connectivity index (χ4n) is 1.87. The third-order valence-corrected chi connectivity index (χ3v) is 5.39. The van der Waals surface area contributed by atoms with E-state index in [1.165, 1.54) is 11.3 Å². The summed E-state index contributed by atoms with van der Waals surface area (Å²) in [7, 11) is 0. The third kappa shape index (κ3) is 3.48. The van der Waals surface area contributed by atoms with E-state index in [9.17, 15) is 9.59 Å². The van der Waals surface area contributed by atoms with Crippen LogP contribution in [-0.4, -0.2) is 21.1 Å². The molecule has 1 aromatic carbocycles. The summed E-state index contributed by atoms with van der Waals surface area (Å²) < 4.78 is 0.276. The number of thiocarbonyl (C=S) groups is 1. The van der Waals surface area contributed by atoms with E-state index in [0.29, 0.717) is 9.93 Å². The highest BCUT2D eigenvalue weighted by molar-refractivity contribution is 8.26. The van der Waals surface area contributed by atoms with Gasteiger partial charge in [0.2, 0.25) is 0 Å². The van der Waals surface area contributed by atoms with Crippen LogP contribution in [0.1, 0.15) is 15.2 Å². The molecule has 1 fully saturated rings. The van der Waals surface area contributed by atoms with E-state index in [0.717, 1.165) is 21.6 Å². The summed E-state index contributed by atoms with van der Waals surface area (Å²) in [6.07, 6.45) is 1.76. The molecular weight excluding hydrogens is 372 g/mol. The number of nitrogens with one attached hydrogen (secondary N) is 1. The molecule has 2 aromatic rings. The second kappa shape index (κ2) is 6.84. The third-order valence-electron chi connectivity index (χ3n) is 2.94. The molecule has 8 heteroatoms. The first-order chi connectivity index (χ1) is 11.1. The van der Waals surface area contributed by atoms with E-state index in [4.69, 9.17) is 23.8 Å². The number of hydrogen-bond acceptors (Lipinski definition) is 5. The van der Waals surface area contributed by atoms with E-state index in [-0.39, 0.29) is 15.8 Å². The molecule has 116 valence electrons. The number of carbonyl (C=O) groups is 2. The Bertz CT molecular complexity index is 818. The van der Waals surface area contributed by atoms with E-state index < -0.39 is 5.91 Å². The zero-order chi connectivity index (χ0) is 16.4. The maximum Gasteiger partial charge on any atom is 0.285 e. The summed E-state index contributed by atoms with van der Waals surface area (Å²) in [5, 5.41) is 3.31. The highest BCUT2D eigenvalue weighted by atomic mass is 35.5. The molecule has 23 heavy (non-hydrogen) atoms. The molecule has 0 radical (unpaired) electrons. The first kappa shape index (κ1) is 16.2. The maximum absolute atomic E-state index is 12.4. The van der Waals surface area contributed by atoms with Crippen molar-refractivity contribution in [3.63, 3.8) is 0 Å². The van der Waals surface area contributed by atoms with Crippen LogP contribution in [0.2, 0.25) is 5.02 Å². The van der Waals surface area contributed by atoms with Crippen molar-refractivity contribution < 1.29 is 9.59 Å². The number of benzene rings is 1. The molecule has 0 bridgehead atoms. The monoisotopic (exact) mass is 380 g/mol. The van der Waals surface area contributed by atoms with Crippen LogP contribution in [0.5, 0.6) is 0 Å². The minimum Gasteiger partial charge on any atom is -0.267 e. The van der Waals surface area contributed by atoms with Crippen molar-refractivity contribution in [3.8, 4) is 0 Å². The Labute approximate surface area is 151 Å². The van der Waals surface area contributed by atoms with Crippen LogP contribution >= 0.6 is 46.9 Å². The second-order valence-electron chi connectivity index (χ2n) is 4.45. The molecule has 4 nitrogen and oxygen atoms in total. The Morgan fingerprint density at radius 3 is 2.74 bits per heavy atom. The van der Waals surface area contributed by atoms with Crippen LogP contribution in [0.15, 0.2) is 46.7 Å². The number of halogens is 1. The quantitative estimate of drug-likeness (QED) is 0.647. The molecule has 0 aliphatic carbocycles. The number of hydrazine groups is 1. The normalized spacial score (nSPS) is 16.2. The number of rotatable bonds is 3. The lowest BCUT2D eigenvalue weighted by Gasteiger charge is -2.16. The summed E-state index contributed by atoms with van der Waals surface area (Å²) in [5.41, 5.74) is 2.79. The lowest BCUT2D eigenvalue weighted by Crippen LogP contribution is -2.44. The number of thiophene rings is 1. The van der Waals surface area contributed by atoms with Gasteiger partial charge in [0, 0.05) is 4.88 Å². The average Bonchev–Trinajstić information content (AvgIpc) is 3.12. The van der Waals surface area contributed by atoms with Gasteiger partial charge in [0.1, 0.15) is 0 Å². The summed E-state index contributed by atoms with van der Waals surface area (Å²) >= 11 is 13.8. The van der Waals surface area contributed by atoms with Gasteiger partial charge in [0.25, 0.3) is 11.8 Å². The van der Waals surface area contributed by atoms with Crippen molar-refractivity contribution in [1.29, 1.82) is 0 Å².